The summed E-state index contributed by atoms with van der Waals surface area (Å²) in [6, 6.07) is 4.53. The van der Waals surface area contributed by atoms with E-state index < -0.39 is 0 Å². The average molecular weight is 359 g/mol. The molecule has 27 heavy (non-hydrogen) atoms. The maximum Gasteiger partial charge on any atom is 0.218 e. The standard InChI is InChI=1S/C20H21N7/c1-13-16(14-6-8-21-9-7-14)12-27-17(13)18(23-15-4-3-5-15)24-19(25-27)20-22-10-11-26(20)2/h6-12,15H,3-5H2,1-2H3,(H,23,24,25). The highest BCUT2D eigenvalue weighted by Crippen LogP contribution is 2.33. The van der Waals surface area contributed by atoms with Gasteiger partial charge >= 0.3 is 0 Å². The third-order valence-electron chi connectivity index (χ3n) is 5.34. The van der Waals surface area contributed by atoms with E-state index in [0.717, 1.165) is 33.8 Å². The third kappa shape index (κ3) is 2.66. The Morgan fingerprint density at radius 2 is 1.96 bits per heavy atom. The molecule has 0 atom stereocenters. The molecule has 4 aromatic heterocycles. The van der Waals surface area contributed by atoms with Crippen LogP contribution in [0, 0.1) is 6.92 Å². The molecule has 0 saturated heterocycles. The van der Waals surface area contributed by atoms with Gasteiger partial charge in [0.05, 0.1) is 0 Å². The molecular weight excluding hydrogens is 338 g/mol. The molecule has 7 heteroatoms. The lowest BCUT2D eigenvalue weighted by atomic mass is 9.93. The van der Waals surface area contributed by atoms with Gasteiger partial charge in [-0.05, 0) is 49.4 Å². The van der Waals surface area contributed by atoms with E-state index in [4.69, 9.17) is 10.1 Å². The van der Waals surface area contributed by atoms with E-state index in [0.29, 0.717) is 11.9 Å². The molecule has 0 spiro atoms. The molecule has 1 N–H and O–H groups in total. The smallest absolute Gasteiger partial charge is 0.218 e. The molecule has 1 fully saturated rings. The Labute approximate surface area is 157 Å². The number of anilines is 1. The zero-order valence-corrected chi connectivity index (χ0v) is 15.4. The van der Waals surface area contributed by atoms with Gasteiger partial charge in [-0.1, -0.05) is 0 Å². The van der Waals surface area contributed by atoms with Crippen LogP contribution in [-0.2, 0) is 7.05 Å². The van der Waals surface area contributed by atoms with Gasteiger partial charge in [-0.2, -0.15) is 0 Å². The Bertz CT molecular complexity index is 1110. The number of rotatable bonds is 4. The summed E-state index contributed by atoms with van der Waals surface area (Å²) in [7, 11) is 1.96. The van der Waals surface area contributed by atoms with Crippen LogP contribution in [-0.4, -0.2) is 35.2 Å². The zero-order chi connectivity index (χ0) is 18.4. The van der Waals surface area contributed by atoms with Crippen LogP contribution >= 0.6 is 0 Å². The van der Waals surface area contributed by atoms with E-state index in [9.17, 15) is 0 Å². The molecule has 1 saturated carbocycles. The van der Waals surface area contributed by atoms with Crippen molar-refractivity contribution in [1.29, 1.82) is 0 Å². The molecule has 7 nitrogen and oxygen atoms in total. The van der Waals surface area contributed by atoms with E-state index >= 15 is 0 Å². The van der Waals surface area contributed by atoms with Gasteiger partial charge in [0.25, 0.3) is 0 Å². The Hall–Kier alpha value is -3.22. The maximum atomic E-state index is 4.86. The topological polar surface area (TPSA) is 72.9 Å². The van der Waals surface area contributed by atoms with Crippen LogP contribution in [0.2, 0.25) is 0 Å². The van der Waals surface area contributed by atoms with E-state index in [-0.39, 0.29) is 0 Å². The molecular formula is C20H21N7. The van der Waals surface area contributed by atoms with Gasteiger partial charge < -0.3 is 9.88 Å². The van der Waals surface area contributed by atoms with Crippen molar-refractivity contribution < 1.29 is 0 Å². The number of nitrogens with one attached hydrogen (secondary N) is 1. The molecule has 0 radical (unpaired) electrons. The number of imidazole rings is 1. The minimum Gasteiger partial charge on any atom is -0.365 e. The van der Waals surface area contributed by atoms with Gasteiger partial charge in [0.2, 0.25) is 5.82 Å². The van der Waals surface area contributed by atoms with Gasteiger partial charge in [0.1, 0.15) is 5.52 Å². The zero-order valence-electron chi connectivity index (χ0n) is 15.4. The van der Waals surface area contributed by atoms with Gasteiger partial charge in [-0.3, -0.25) is 4.98 Å². The minimum atomic E-state index is 0.483. The SMILES string of the molecule is Cc1c(-c2ccncc2)cn2nc(-c3nccn3C)nc(NC3CCC3)c12. The second-order valence-electron chi connectivity index (χ2n) is 7.11. The lowest BCUT2D eigenvalue weighted by Crippen LogP contribution is -2.28. The summed E-state index contributed by atoms with van der Waals surface area (Å²) in [6.07, 6.45) is 13.0. The maximum absolute atomic E-state index is 4.86. The summed E-state index contributed by atoms with van der Waals surface area (Å²) in [4.78, 5) is 13.4. The number of aryl methyl sites for hydroxylation is 2. The number of fused-ring (bicyclic) bond motifs is 1. The first kappa shape index (κ1) is 16.0. The largest absolute Gasteiger partial charge is 0.365 e. The Kier molecular flexibility index (Phi) is 3.67. The number of pyridine rings is 1. The fourth-order valence-electron chi connectivity index (χ4n) is 3.58. The van der Waals surface area contributed by atoms with Crippen LogP contribution in [0.5, 0.6) is 0 Å². The molecule has 0 aliphatic heterocycles. The fourth-order valence-corrected chi connectivity index (χ4v) is 3.58. The molecule has 0 amide bonds. The van der Waals surface area contributed by atoms with Crippen LogP contribution in [0.3, 0.4) is 0 Å². The summed E-state index contributed by atoms with van der Waals surface area (Å²) < 4.78 is 3.87. The van der Waals surface area contributed by atoms with Crippen molar-refractivity contribution >= 4 is 11.3 Å². The molecule has 5 rings (SSSR count). The number of hydrogen-bond donors (Lipinski definition) is 1. The molecule has 0 aromatic carbocycles. The fraction of sp³-hybridized carbons (Fsp3) is 0.300. The average Bonchev–Trinajstić information content (AvgIpc) is 3.22. The van der Waals surface area contributed by atoms with Crippen LogP contribution in [0.4, 0.5) is 5.82 Å². The lowest BCUT2D eigenvalue weighted by Gasteiger charge is -2.27. The summed E-state index contributed by atoms with van der Waals surface area (Å²) in [5, 5.41) is 8.39. The summed E-state index contributed by atoms with van der Waals surface area (Å²) in [6.45, 7) is 2.13. The normalized spacial score (nSPS) is 14.4. The first-order chi connectivity index (χ1) is 13.2. The van der Waals surface area contributed by atoms with Crippen LogP contribution in [0.15, 0.2) is 43.1 Å². The van der Waals surface area contributed by atoms with Crippen molar-refractivity contribution in [2.24, 2.45) is 7.05 Å². The van der Waals surface area contributed by atoms with Crippen molar-refractivity contribution in [3.05, 3.63) is 48.7 Å². The van der Waals surface area contributed by atoms with Gasteiger partial charge in [-0.25, -0.2) is 14.5 Å². The molecule has 4 aromatic rings. The van der Waals surface area contributed by atoms with Crippen LogP contribution in [0.1, 0.15) is 24.8 Å². The van der Waals surface area contributed by atoms with Gasteiger partial charge in [0, 0.05) is 49.6 Å². The first-order valence-corrected chi connectivity index (χ1v) is 9.25. The third-order valence-corrected chi connectivity index (χ3v) is 5.34. The van der Waals surface area contributed by atoms with E-state index in [1.165, 1.54) is 19.3 Å². The van der Waals surface area contributed by atoms with E-state index in [1.54, 1.807) is 6.20 Å². The van der Waals surface area contributed by atoms with Gasteiger partial charge in [-0.15, -0.1) is 5.10 Å². The van der Waals surface area contributed by atoms with Crippen molar-refractivity contribution in [3.63, 3.8) is 0 Å². The van der Waals surface area contributed by atoms with Crippen molar-refractivity contribution in [3.8, 4) is 22.8 Å². The second kappa shape index (κ2) is 6.19. The molecule has 1 aliphatic carbocycles. The summed E-state index contributed by atoms with van der Waals surface area (Å²) >= 11 is 0. The molecule has 1 aliphatic rings. The molecule has 0 bridgehead atoms. The summed E-state index contributed by atoms with van der Waals surface area (Å²) in [5.41, 5.74) is 4.45. The van der Waals surface area contributed by atoms with Crippen LogP contribution in [0.25, 0.3) is 28.3 Å². The van der Waals surface area contributed by atoms with Crippen molar-refractivity contribution in [2.45, 2.75) is 32.2 Å². The molecule has 0 unspecified atom stereocenters. The highest BCUT2D eigenvalue weighted by atomic mass is 15.3. The van der Waals surface area contributed by atoms with Crippen molar-refractivity contribution in [2.75, 3.05) is 5.32 Å². The summed E-state index contributed by atoms with van der Waals surface area (Å²) in [5.74, 6) is 2.25. The minimum absolute atomic E-state index is 0.483. The van der Waals surface area contributed by atoms with Gasteiger partial charge in [0.15, 0.2) is 11.6 Å². The number of hydrogen-bond acceptors (Lipinski definition) is 5. The first-order valence-electron chi connectivity index (χ1n) is 9.25. The predicted molar refractivity (Wildman–Crippen MR) is 104 cm³/mol. The van der Waals surface area contributed by atoms with Crippen LogP contribution < -0.4 is 5.32 Å². The Morgan fingerprint density at radius 1 is 1.15 bits per heavy atom. The van der Waals surface area contributed by atoms with E-state index in [2.05, 4.69) is 28.4 Å². The van der Waals surface area contributed by atoms with Crippen molar-refractivity contribution in [1.82, 2.24) is 29.1 Å². The quantitative estimate of drug-likeness (QED) is 0.604. The number of aromatic nitrogens is 6. The second-order valence-corrected chi connectivity index (χ2v) is 7.11. The Balaban J connectivity index is 1.72. The lowest BCUT2D eigenvalue weighted by molar-refractivity contribution is 0.444. The monoisotopic (exact) mass is 359 g/mol. The number of nitrogens with zero attached hydrogens (tertiary/aromatic N) is 6. The Morgan fingerprint density at radius 3 is 2.63 bits per heavy atom. The molecule has 136 valence electrons. The molecule has 4 heterocycles. The highest BCUT2D eigenvalue weighted by molar-refractivity contribution is 5.83. The van der Waals surface area contributed by atoms with E-state index in [1.807, 2.05) is 46.9 Å². The predicted octanol–water partition coefficient (Wildman–Crippen LogP) is 3.46. The highest BCUT2D eigenvalue weighted by Gasteiger charge is 2.23.